The number of hydrogen-bond donors (Lipinski definition) is 2. The first-order chi connectivity index (χ1) is 9.92. The van der Waals surface area contributed by atoms with Crippen molar-refractivity contribution in [3.63, 3.8) is 0 Å². The third-order valence-electron chi connectivity index (χ3n) is 4.54. The summed E-state index contributed by atoms with van der Waals surface area (Å²) in [5.41, 5.74) is 1.67. The molecule has 1 aromatic rings. The fourth-order valence-corrected chi connectivity index (χ4v) is 3.18. The van der Waals surface area contributed by atoms with E-state index in [0.717, 1.165) is 36.9 Å². The summed E-state index contributed by atoms with van der Waals surface area (Å²) in [6.07, 6.45) is 5.84. The molecule has 6 heteroatoms. The zero-order valence-corrected chi connectivity index (χ0v) is 12.7. The molecule has 0 aromatic carbocycles. The van der Waals surface area contributed by atoms with Crippen LogP contribution >= 0.6 is 0 Å². The molecule has 0 atom stereocenters. The van der Waals surface area contributed by atoms with Crippen molar-refractivity contribution in [1.29, 1.82) is 0 Å². The third-order valence-corrected chi connectivity index (χ3v) is 4.54. The number of carbonyl (C=O) groups is 2. The monoisotopic (exact) mass is 293 g/mol. The predicted molar refractivity (Wildman–Crippen MR) is 77.6 cm³/mol. The number of carboxylic acids is 1. The van der Waals surface area contributed by atoms with Crippen molar-refractivity contribution in [3.05, 3.63) is 17.5 Å². The molecule has 6 nitrogen and oxygen atoms in total. The molecule has 0 aliphatic heterocycles. The highest BCUT2D eigenvalue weighted by Crippen LogP contribution is 2.44. The topological polar surface area (TPSA) is 84.2 Å². The number of nitrogens with zero attached hydrogens (tertiary/aromatic N) is 2. The molecule has 0 unspecified atom stereocenters. The van der Waals surface area contributed by atoms with Crippen molar-refractivity contribution < 1.29 is 14.7 Å². The Kier molecular flexibility index (Phi) is 4.65. The lowest BCUT2D eigenvalue weighted by Crippen LogP contribution is -2.31. The van der Waals surface area contributed by atoms with Crippen LogP contribution in [-0.2, 0) is 23.2 Å². The molecule has 1 heterocycles. The van der Waals surface area contributed by atoms with E-state index in [1.54, 1.807) is 10.9 Å². The van der Waals surface area contributed by atoms with Gasteiger partial charge in [-0.1, -0.05) is 12.8 Å². The Balaban J connectivity index is 1.91. The van der Waals surface area contributed by atoms with E-state index >= 15 is 0 Å². The van der Waals surface area contributed by atoms with Gasteiger partial charge in [-0.05, 0) is 25.2 Å². The van der Waals surface area contributed by atoms with E-state index in [1.165, 1.54) is 0 Å². The van der Waals surface area contributed by atoms with Gasteiger partial charge in [-0.3, -0.25) is 14.3 Å². The first-order valence-corrected chi connectivity index (χ1v) is 7.38. The zero-order chi connectivity index (χ0) is 15.5. The number of rotatable bonds is 6. The van der Waals surface area contributed by atoms with Crippen molar-refractivity contribution in [1.82, 2.24) is 15.1 Å². The van der Waals surface area contributed by atoms with Gasteiger partial charge in [0.1, 0.15) is 0 Å². The largest absolute Gasteiger partial charge is 0.481 e. The van der Waals surface area contributed by atoms with Gasteiger partial charge in [0.05, 0.1) is 12.6 Å². The number of amides is 1. The van der Waals surface area contributed by atoms with Gasteiger partial charge in [0.15, 0.2) is 0 Å². The Morgan fingerprint density at radius 2 is 2.05 bits per heavy atom. The summed E-state index contributed by atoms with van der Waals surface area (Å²) >= 11 is 0. The maximum Gasteiger partial charge on any atom is 0.303 e. The number of carboxylic acid groups (broad SMARTS) is 1. The molecule has 1 fully saturated rings. The molecule has 1 saturated carbocycles. The van der Waals surface area contributed by atoms with Crippen LogP contribution in [-0.4, -0.2) is 26.8 Å². The molecule has 0 bridgehead atoms. The second kappa shape index (κ2) is 6.28. The highest BCUT2D eigenvalue weighted by Gasteiger charge is 2.37. The molecule has 0 spiro atoms. The lowest BCUT2D eigenvalue weighted by molar-refractivity contribution is -0.140. The van der Waals surface area contributed by atoms with Gasteiger partial charge in [-0.15, -0.1) is 0 Å². The van der Waals surface area contributed by atoms with Crippen LogP contribution in [0.15, 0.2) is 6.20 Å². The fourth-order valence-electron chi connectivity index (χ4n) is 3.18. The summed E-state index contributed by atoms with van der Waals surface area (Å²) in [6, 6.07) is 0. The SMILES string of the molecule is Cc1c(CNC(=O)CC2(CC(=O)O)CCCC2)cnn1C. The Labute approximate surface area is 124 Å². The first-order valence-electron chi connectivity index (χ1n) is 7.38. The summed E-state index contributed by atoms with van der Waals surface area (Å²) in [4.78, 5) is 23.2. The number of carbonyl (C=O) groups excluding carboxylic acids is 1. The molecular weight excluding hydrogens is 270 g/mol. The van der Waals surface area contributed by atoms with Gasteiger partial charge in [-0.2, -0.15) is 5.10 Å². The van der Waals surface area contributed by atoms with Crippen LogP contribution in [0, 0.1) is 12.3 Å². The van der Waals surface area contributed by atoms with E-state index in [2.05, 4.69) is 10.4 Å². The molecule has 2 rings (SSSR count). The van der Waals surface area contributed by atoms with Gasteiger partial charge in [0.25, 0.3) is 0 Å². The van der Waals surface area contributed by atoms with Crippen molar-refractivity contribution in [2.45, 2.75) is 52.0 Å². The summed E-state index contributed by atoms with van der Waals surface area (Å²) in [6.45, 7) is 2.40. The molecule has 116 valence electrons. The van der Waals surface area contributed by atoms with Crippen LogP contribution in [0.4, 0.5) is 0 Å². The molecule has 1 aromatic heterocycles. The van der Waals surface area contributed by atoms with Crippen LogP contribution < -0.4 is 5.32 Å². The number of aryl methyl sites for hydroxylation is 1. The van der Waals surface area contributed by atoms with Crippen molar-refractivity contribution >= 4 is 11.9 Å². The van der Waals surface area contributed by atoms with Crippen LogP contribution in [0.3, 0.4) is 0 Å². The summed E-state index contributed by atoms with van der Waals surface area (Å²) in [5.74, 6) is -0.880. The molecule has 1 aliphatic rings. The number of hydrogen-bond acceptors (Lipinski definition) is 3. The highest BCUT2D eigenvalue weighted by atomic mass is 16.4. The lowest BCUT2D eigenvalue weighted by atomic mass is 9.79. The number of aliphatic carboxylic acids is 1. The van der Waals surface area contributed by atoms with E-state index in [9.17, 15) is 9.59 Å². The maximum absolute atomic E-state index is 12.1. The minimum Gasteiger partial charge on any atom is -0.481 e. The summed E-state index contributed by atoms with van der Waals surface area (Å²) in [7, 11) is 1.86. The molecule has 1 amide bonds. The zero-order valence-electron chi connectivity index (χ0n) is 12.7. The maximum atomic E-state index is 12.1. The minimum absolute atomic E-state index is 0.0681. The van der Waals surface area contributed by atoms with Crippen LogP contribution in [0.1, 0.15) is 49.8 Å². The minimum atomic E-state index is -0.812. The smallest absolute Gasteiger partial charge is 0.303 e. The second-order valence-corrected chi connectivity index (χ2v) is 6.11. The number of aromatic nitrogens is 2. The van der Waals surface area contributed by atoms with E-state index in [0.29, 0.717) is 13.0 Å². The molecule has 0 radical (unpaired) electrons. The van der Waals surface area contributed by atoms with E-state index < -0.39 is 5.97 Å². The second-order valence-electron chi connectivity index (χ2n) is 6.11. The molecule has 21 heavy (non-hydrogen) atoms. The molecule has 1 aliphatic carbocycles. The quantitative estimate of drug-likeness (QED) is 0.837. The Hall–Kier alpha value is -1.85. The Bertz CT molecular complexity index is 530. The number of nitrogens with one attached hydrogen (secondary N) is 1. The average Bonchev–Trinajstić information content (AvgIpc) is 2.96. The Morgan fingerprint density at radius 3 is 2.57 bits per heavy atom. The third kappa shape index (κ3) is 3.83. The van der Waals surface area contributed by atoms with Crippen molar-refractivity contribution in [3.8, 4) is 0 Å². The van der Waals surface area contributed by atoms with Gasteiger partial charge >= 0.3 is 5.97 Å². The fraction of sp³-hybridized carbons (Fsp3) is 0.667. The summed E-state index contributed by atoms with van der Waals surface area (Å²) < 4.78 is 1.77. The summed E-state index contributed by atoms with van der Waals surface area (Å²) in [5, 5.41) is 16.1. The molecular formula is C15H23N3O3. The van der Waals surface area contributed by atoms with Crippen LogP contribution in [0.2, 0.25) is 0 Å². The highest BCUT2D eigenvalue weighted by molar-refractivity contribution is 5.78. The van der Waals surface area contributed by atoms with E-state index in [-0.39, 0.29) is 17.7 Å². The van der Waals surface area contributed by atoms with Gasteiger partial charge in [0.2, 0.25) is 5.91 Å². The van der Waals surface area contributed by atoms with Gasteiger partial charge in [0, 0.05) is 31.3 Å². The van der Waals surface area contributed by atoms with Gasteiger partial charge in [-0.25, -0.2) is 0 Å². The first kappa shape index (κ1) is 15.5. The standard InChI is InChI=1S/C15H23N3O3/c1-11-12(10-17-18(11)2)9-16-13(19)7-15(8-14(20)21)5-3-4-6-15/h10H,3-9H2,1-2H3,(H,16,19)(H,20,21). The molecule has 2 N–H and O–H groups in total. The van der Waals surface area contributed by atoms with Crippen LogP contribution in [0.25, 0.3) is 0 Å². The van der Waals surface area contributed by atoms with Crippen LogP contribution in [0.5, 0.6) is 0 Å². The van der Waals surface area contributed by atoms with E-state index in [4.69, 9.17) is 5.11 Å². The van der Waals surface area contributed by atoms with Crippen molar-refractivity contribution in [2.24, 2.45) is 12.5 Å². The van der Waals surface area contributed by atoms with E-state index in [1.807, 2.05) is 14.0 Å². The van der Waals surface area contributed by atoms with Crippen molar-refractivity contribution in [2.75, 3.05) is 0 Å². The molecule has 0 saturated heterocycles. The average molecular weight is 293 g/mol. The van der Waals surface area contributed by atoms with Gasteiger partial charge < -0.3 is 10.4 Å². The predicted octanol–water partition coefficient (Wildman–Crippen LogP) is 1.77. The lowest BCUT2D eigenvalue weighted by Gasteiger charge is -2.26. The normalized spacial score (nSPS) is 16.9. The Morgan fingerprint density at radius 1 is 1.38 bits per heavy atom.